The van der Waals surface area contributed by atoms with E-state index in [1.807, 2.05) is 0 Å². The molecule has 0 aromatic heterocycles. The minimum absolute atomic E-state index is 0.000000000000000888. The molecule has 0 rings (SSSR count). The van der Waals surface area contributed by atoms with Crippen LogP contribution in [0.3, 0.4) is 0 Å². The lowest BCUT2D eigenvalue weighted by molar-refractivity contribution is -0.154. The van der Waals surface area contributed by atoms with Crippen molar-refractivity contribution in [1.29, 1.82) is 0 Å². The minimum Gasteiger partial charge on any atom is -0.462 e. The first-order chi connectivity index (χ1) is 6.02. The highest BCUT2D eigenvalue weighted by molar-refractivity contribution is 5.66. The summed E-state index contributed by atoms with van der Waals surface area (Å²) in [4.78, 5) is 11.0. The molecule has 0 saturated heterocycles. The van der Waals surface area contributed by atoms with E-state index in [1.54, 1.807) is 0 Å². The Labute approximate surface area is 88.0 Å². The Morgan fingerprint density at radius 1 is 1.14 bits per heavy atom. The second kappa shape index (κ2) is 4.33. The lowest BCUT2D eigenvalue weighted by Gasteiger charge is -2.34. The topological polar surface area (TPSA) is 26.3 Å². The van der Waals surface area contributed by atoms with Crippen molar-refractivity contribution in [3.8, 4) is 0 Å². The van der Waals surface area contributed by atoms with Crippen molar-refractivity contribution < 1.29 is 9.53 Å². The van der Waals surface area contributed by atoms with Crippen molar-refractivity contribution in [2.45, 2.75) is 61.0 Å². The fourth-order valence-electron chi connectivity index (χ4n) is 1.28. The molecule has 0 bridgehead atoms. The van der Waals surface area contributed by atoms with Crippen LogP contribution in [-0.4, -0.2) is 12.1 Å². The molecule has 0 aliphatic rings. The molecule has 1 atom stereocenters. The smallest absolute Gasteiger partial charge is 0.302 e. The van der Waals surface area contributed by atoms with Gasteiger partial charge in [-0.15, -0.1) is 0 Å². The van der Waals surface area contributed by atoms with Gasteiger partial charge in [-0.1, -0.05) is 41.5 Å². The molecule has 0 spiro atoms. The molecular formula is C12H24O2. The standard InChI is InChI=1S/C12H24O2/c1-9(13)14-10(12(5,6)7)8-11(2,3)4/h10H,8H2,1-7H3. The van der Waals surface area contributed by atoms with Crippen molar-refractivity contribution >= 4 is 5.97 Å². The van der Waals surface area contributed by atoms with Gasteiger partial charge in [0.1, 0.15) is 6.10 Å². The molecule has 0 aliphatic heterocycles. The van der Waals surface area contributed by atoms with Crippen molar-refractivity contribution in [3.63, 3.8) is 0 Å². The molecule has 0 saturated carbocycles. The summed E-state index contributed by atoms with van der Waals surface area (Å²) in [5.74, 6) is -0.186. The summed E-state index contributed by atoms with van der Waals surface area (Å²) >= 11 is 0. The van der Waals surface area contributed by atoms with Gasteiger partial charge in [0.15, 0.2) is 0 Å². The third-order valence-corrected chi connectivity index (χ3v) is 2.07. The highest BCUT2D eigenvalue weighted by Gasteiger charge is 2.31. The predicted molar refractivity (Wildman–Crippen MR) is 59.1 cm³/mol. The van der Waals surface area contributed by atoms with Crippen LogP contribution in [0.25, 0.3) is 0 Å². The van der Waals surface area contributed by atoms with Gasteiger partial charge in [-0.2, -0.15) is 0 Å². The monoisotopic (exact) mass is 200 g/mol. The summed E-state index contributed by atoms with van der Waals surface area (Å²) in [7, 11) is 0. The molecule has 14 heavy (non-hydrogen) atoms. The summed E-state index contributed by atoms with van der Waals surface area (Å²) < 4.78 is 5.35. The van der Waals surface area contributed by atoms with E-state index in [0.29, 0.717) is 0 Å². The average molecular weight is 200 g/mol. The number of ether oxygens (including phenoxy) is 1. The lowest BCUT2D eigenvalue weighted by Crippen LogP contribution is -2.34. The molecule has 0 aromatic rings. The maximum atomic E-state index is 11.0. The van der Waals surface area contributed by atoms with Crippen LogP contribution in [0.2, 0.25) is 0 Å². The van der Waals surface area contributed by atoms with E-state index in [-0.39, 0.29) is 22.9 Å². The molecular weight excluding hydrogens is 176 g/mol. The van der Waals surface area contributed by atoms with Gasteiger partial charge in [0.2, 0.25) is 0 Å². The fourth-order valence-corrected chi connectivity index (χ4v) is 1.28. The molecule has 2 heteroatoms. The SMILES string of the molecule is CC(=O)OC(CC(C)(C)C)C(C)(C)C. The van der Waals surface area contributed by atoms with Crippen LogP contribution in [-0.2, 0) is 9.53 Å². The van der Waals surface area contributed by atoms with E-state index in [1.165, 1.54) is 6.92 Å². The molecule has 0 fully saturated rings. The van der Waals surface area contributed by atoms with Crippen LogP contribution in [0.15, 0.2) is 0 Å². The van der Waals surface area contributed by atoms with E-state index in [9.17, 15) is 4.79 Å². The maximum absolute atomic E-state index is 11.0. The first kappa shape index (κ1) is 13.5. The molecule has 0 amide bonds. The van der Waals surface area contributed by atoms with Gasteiger partial charge in [-0.05, 0) is 17.3 Å². The first-order valence-corrected chi connectivity index (χ1v) is 5.19. The van der Waals surface area contributed by atoms with Crippen LogP contribution in [0.5, 0.6) is 0 Å². The summed E-state index contributed by atoms with van der Waals surface area (Å²) in [6.45, 7) is 14.3. The summed E-state index contributed by atoms with van der Waals surface area (Å²) in [5.41, 5.74) is 0.201. The highest BCUT2D eigenvalue weighted by atomic mass is 16.5. The predicted octanol–water partition coefficient (Wildman–Crippen LogP) is 3.40. The third-order valence-electron chi connectivity index (χ3n) is 2.07. The lowest BCUT2D eigenvalue weighted by atomic mass is 9.78. The summed E-state index contributed by atoms with van der Waals surface area (Å²) in [6.07, 6.45) is 0.899. The van der Waals surface area contributed by atoms with E-state index in [4.69, 9.17) is 4.74 Å². The molecule has 84 valence electrons. The fraction of sp³-hybridized carbons (Fsp3) is 0.917. The number of rotatable bonds is 2. The molecule has 0 heterocycles. The molecule has 2 nitrogen and oxygen atoms in total. The molecule has 0 aliphatic carbocycles. The Hall–Kier alpha value is -0.530. The zero-order valence-corrected chi connectivity index (χ0v) is 10.6. The average Bonchev–Trinajstić information content (AvgIpc) is 1.78. The molecule has 0 aromatic carbocycles. The first-order valence-electron chi connectivity index (χ1n) is 5.19. The van der Waals surface area contributed by atoms with Crippen LogP contribution >= 0.6 is 0 Å². The number of carbonyl (C=O) groups excluding carboxylic acids is 1. The number of carbonyl (C=O) groups is 1. The van der Waals surface area contributed by atoms with Crippen molar-refractivity contribution in [2.24, 2.45) is 10.8 Å². The van der Waals surface area contributed by atoms with Crippen molar-refractivity contribution in [1.82, 2.24) is 0 Å². The van der Waals surface area contributed by atoms with E-state index >= 15 is 0 Å². The number of esters is 1. The van der Waals surface area contributed by atoms with Gasteiger partial charge in [0.25, 0.3) is 0 Å². The molecule has 1 unspecified atom stereocenters. The van der Waals surface area contributed by atoms with Gasteiger partial charge in [-0.25, -0.2) is 0 Å². The molecule has 0 N–H and O–H groups in total. The van der Waals surface area contributed by atoms with E-state index in [0.717, 1.165) is 6.42 Å². The Kier molecular flexibility index (Phi) is 4.16. The van der Waals surface area contributed by atoms with Gasteiger partial charge >= 0.3 is 5.97 Å². The summed E-state index contributed by atoms with van der Waals surface area (Å²) in [6, 6.07) is 0. The Morgan fingerprint density at radius 2 is 1.57 bits per heavy atom. The van der Waals surface area contributed by atoms with Crippen LogP contribution in [0.4, 0.5) is 0 Å². The Balaban J connectivity index is 4.50. The number of hydrogen-bond acceptors (Lipinski definition) is 2. The largest absolute Gasteiger partial charge is 0.462 e. The zero-order chi connectivity index (χ0) is 11.6. The van der Waals surface area contributed by atoms with E-state index < -0.39 is 0 Å². The van der Waals surface area contributed by atoms with Gasteiger partial charge in [0, 0.05) is 6.92 Å². The second-order valence-electron chi connectivity index (χ2n) is 6.23. The summed E-state index contributed by atoms with van der Waals surface area (Å²) in [5, 5.41) is 0. The minimum atomic E-state index is -0.186. The molecule has 0 radical (unpaired) electrons. The van der Waals surface area contributed by atoms with E-state index in [2.05, 4.69) is 41.5 Å². The van der Waals surface area contributed by atoms with Crippen LogP contribution in [0, 0.1) is 10.8 Å². The maximum Gasteiger partial charge on any atom is 0.302 e. The Bertz CT molecular complexity index is 193. The zero-order valence-electron chi connectivity index (χ0n) is 10.6. The third kappa shape index (κ3) is 6.01. The van der Waals surface area contributed by atoms with Gasteiger partial charge < -0.3 is 4.74 Å². The number of hydrogen-bond donors (Lipinski definition) is 0. The highest BCUT2D eigenvalue weighted by Crippen LogP contribution is 2.32. The van der Waals surface area contributed by atoms with Crippen molar-refractivity contribution in [2.75, 3.05) is 0 Å². The quantitative estimate of drug-likeness (QED) is 0.639. The van der Waals surface area contributed by atoms with Crippen LogP contribution in [0.1, 0.15) is 54.9 Å². The normalized spacial score (nSPS) is 15.1. The Morgan fingerprint density at radius 3 is 1.79 bits per heavy atom. The van der Waals surface area contributed by atoms with Gasteiger partial charge in [0.05, 0.1) is 0 Å². The second-order valence-corrected chi connectivity index (χ2v) is 6.23. The van der Waals surface area contributed by atoms with Gasteiger partial charge in [-0.3, -0.25) is 4.79 Å². The van der Waals surface area contributed by atoms with Crippen LogP contribution < -0.4 is 0 Å². The van der Waals surface area contributed by atoms with Crippen molar-refractivity contribution in [3.05, 3.63) is 0 Å².